The van der Waals surface area contributed by atoms with Crippen molar-refractivity contribution in [3.05, 3.63) is 34.3 Å². The van der Waals surface area contributed by atoms with Crippen LogP contribution < -0.4 is 5.32 Å². The van der Waals surface area contributed by atoms with Gasteiger partial charge in [0.05, 0.1) is 6.04 Å². The average molecular weight is 410 g/mol. The van der Waals surface area contributed by atoms with E-state index in [1.54, 1.807) is 0 Å². The SMILES string of the molecule is CCN(CC)C(=O)C1CCN(C(=O)NC(C)c2cccc(Br)c2)CC1. The van der Waals surface area contributed by atoms with Crippen LogP contribution in [0.4, 0.5) is 4.79 Å². The molecule has 138 valence electrons. The van der Waals surface area contributed by atoms with Gasteiger partial charge in [-0.15, -0.1) is 0 Å². The number of rotatable bonds is 5. The molecule has 1 unspecified atom stereocenters. The molecule has 1 aromatic carbocycles. The Balaban J connectivity index is 1.86. The zero-order chi connectivity index (χ0) is 18.4. The minimum absolute atomic E-state index is 0.0476. The Hall–Kier alpha value is -1.56. The van der Waals surface area contributed by atoms with Crippen LogP contribution in [0.15, 0.2) is 28.7 Å². The third kappa shape index (κ3) is 5.21. The summed E-state index contributed by atoms with van der Waals surface area (Å²) in [5, 5.41) is 3.05. The molecular weight excluding hydrogens is 382 g/mol. The van der Waals surface area contributed by atoms with Crippen molar-refractivity contribution in [2.45, 2.75) is 39.7 Å². The van der Waals surface area contributed by atoms with Gasteiger partial charge in [-0.1, -0.05) is 28.1 Å². The zero-order valence-electron chi connectivity index (χ0n) is 15.3. The number of hydrogen-bond acceptors (Lipinski definition) is 2. The Kier molecular flexibility index (Phi) is 7.29. The van der Waals surface area contributed by atoms with E-state index in [1.807, 2.05) is 54.8 Å². The maximum Gasteiger partial charge on any atom is 0.317 e. The summed E-state index contributed by atoms with van der Waals surface area (Å²) >= 11 is 3.46. The number of carbonyl (C=O) groups is 2. The monoisotopic (exact) mass is 409 g/mol. The first-order chi connectivity index (χ1) is 12.0. The fraction of sp³-hybridized carbons (Fsp3) is 0.579. The van der Waals surface area contributed by atoms with E-state index in [-0.39, 0.29) is 23.9 Å². The fourth-order valence-electron chi connectivity index (χ4n) is 3.26. The molecule has 1 N–H and O–H groups in total. The van der Waals surface area contributed by atoms with Crippen molar-refractivity contribution in [1.82, 2.24) is 15.1 Å². The van der Waals surface area contributed by atoms with E-state index in [0.717, 1.165) is 36.0 Å². The Morgan fingerprint density at radius 3 is 2.48 bits per heavy atom. The number of amides is 3. The highest BCUT2D eigenvalue weighted by molar-refractivity contribution is 9.10. The van der Waals surface area contributed by atoms with E-state index in [1.165, 1.54) is 0 Å². The lowest BCUT2D eigenvalue weighted by Crippen LogP contribution is -2.48. The van der Waals surface area contributed by atoms with Gasteiger partial charge in [0.2, 0.25) is 5.91 Å². The summed E-state index contributed by atoms with van der Waals surface area (Å²) in [4.78, 5) is 28.6. The molecule has 1 aliphatic heterocycles. The third-order valence-corrected chi connectivity index (χ3v) is 5.39. The molecule has 1 saturated heterocycles. The summed E-state index contributed by atoms with van der Waals surface area (Å²) in [5.41, 5.74) is 1.06. The molecule has 0 aromatic heterocycles. The molecule has 2 rings (SSSR count). The number of carbonyl (C=O) groups excluding carboxylic acids is 2. The topological polar surface area (TPSA) is 52.7 Å². The maximum absolute atomic E-state index is 12.5. The van der Waals surface area contributed by atoms with E-state index in [9.17, 15) is 9.59 Å². The summed E-state index contributed by atoms with van der Waals surface area (Å²) < 4.78 is 1.00. The van der Waals surface area contributed by atoms with Crippen LogP contribution in [0.1, 0.15) is 45.2 Å². The largest absolute Gasteiger partial charge is 0.343 e. The molecule has 3 amide bonds. The van der Waals surface area contributed by atoms with E-state index >= 15 is 0 Å². The van der Waals surface area contributed by atoms with Crippen LogP contribution in [-0.4, -0.2) is 47.9 Å². The molecule has 5 nitrogen and oxygen atoms in total. The fourth-order valence-corrected chi connectivity index (χ4v) is 3.68. The van der Waals surface area contributed by atoms with Crippen molar-refractivity contribution in [2.24, 2.45) is 5.92 Å². The first-order valence-electron chi connectivity index (χ1n) is 9.05. The lowest BCUT2D eigenvalue weighted by atomic mass is 9.95. The van der Waals surface area contributed by atoms with Gasteiger partial charge < -0.3 is 15.1 Å². The Morgan fingerprint density at radius 2 is 1.92 bits per heavy atom. The van der Waals surface area contributed by atoms with E-state index < -0.39 is 0 Å². The Labute approximate surface area is 158 Å². The Bertz CT molecular complexity index is 596. The van der Waals surface area contributed by atoms with Crippen LogP contribution in [0.2, 0.25) is 0 Å². The highest BCUT2D eigenvalue weighted by Crippen LogP contribution is 2.21. The molecule has 25 heavy (non-hydrogen) atoms. The van der Waals surface area contributed by atoms with Crippen molar-refractivity contribution in [3.63, 3.8) is 0 Å². The first kappa shape index (κ1) is 19.8. The minimum Gasteiger partial charge on any atom is -0.343 e. The molecule has 1 fully saturated rings. The summed E-state index contributed by atoms with van der Waals surface area (Å²) in [6.07, 6.45) is 1.49. The molecule has 0 spiro atoms. The smallest absolute Gasteiger partial charge is 0.317 e. The summed E-state index contributed by atoms with van der Waals surface area (Å²) in [6.45, 7) is 8.76. The maximum atomic E-state index is 12.5. The minimum atomic E-state index is -0.0555. The van der Waals surface area contributed by atoms with Gasteiger partial charge in [0, 0.05) is 36.6 Å². The molecule has 6 heteroatoms. The summed E-state index contributed by atoms with van der Waals surface area (Å²) in [5.74, 6) is 0.277. The molecule has 0 aliphatic carbocycles. The van der Waals surface area contributed by atoms with Crippen molar-refractivity contribution in [1.29, 1.82) is 0 Å². The average Bonchev–Trinajstić information content (AvgIpc) is 2.62. The van der Waals surface area contributed by atoms with Gasteiger partial charge in [-0.3, -0.25) is 4.79 Å². The highest BCUT2D eigenvalue weighted by Gasteiger charge is 2.29. The number of benzene rings is 1. The Morgan fingerprint density at radius 1 is 1.28 bits per heavy atom. The van der Waals surface area contributed by atoms with Crippen LogP contribution in [0.3, 0.4) is 0 Å². The van der Waals surface area contributed by atoms with Gasteiger partial charge in [-0.25, -0.2) is 4.79 Å². The van der Waals surface area contributed by atoms with Crippen LogP contribution in [0, 0.1) is 5.92 Å². The zero-order valence-corrected chi connectivity index (χ0v) is 16.9. The third-order valence-electron chi connectivity index (χ3n) is 4.90. The van der Waals surface area contributed by atoms with Crippen LogP contribution in [0.25, 0.3) is 0 Å². The van der Waals surface area contributed by atoms with Crippen molar-refractivity contribution in [2.75, 3.05) is 26.2 Å². The molecule has 0 saturated carbocycles. The molecule has 1 aromatic rings. The normalized spacial score (nSPS) is 16.4. The number of hydrogen-bond donors (Lipinski definition) is 1. The van der Waals surface area contributed by atoms with E-state index in [0.29, 0.717) is 13.1 Å². The second-order valence-electron chi connectivity index (χ2n) is 6.50. The lowest BCUT2D eigenvalue weighted by Gasteiger charge is -2.34. The number of halogens is 1. The predicted molar refractivity (Wildman–Crippen MR) is 103 cm³/mol. The van der Waals surface area contributed by atoms with Gasteiger partial charge in [0.1, 0.15) is 0 Å². The number of piperidine rings is 1. The van der Waals surface area contributed by atoms with E-state index in [2.05, 4.69) is 21.2 Å². The van der Waals surface area contributed by atoms with E-state index in [4.69, 9.17) is 0 Å². The van der Waals surface area contributed by atoms with Crippen LogP contribution in [0.5, 0.6) is 0 Å². The van der Waals surface area contributed by atoms with Crippen LogP contribution >= 0.6 is 15.9 Å². The van der Waals surface area contributed by atoms with Crippen molar-refractivity contribution in [3.8, 4) is 0 Å². The van der Waals surface area contributed by atoms with Crippen LogP contribution in [-0.2, 0) is 4.79 Å². The summed E-state index contributed by atoms with van der Waals surface area (Å²) in [6, 6.07) is 7.84. The summed E-state index contributed by atoms with van der Waals surface area (Å²) in [7, 11) is 0. The number of nitrogens with zero attached hydrogens (tertiary/aromatic N) is 2. The predicted octanol–water partition coefficient (Wildman–Crippen LogP) is 3.80. The number of nitrogens with one attached hydrogen (secondary N) is 1. The highest BCUT2D eigenvalue weighted by atomic mass is 79.9. The van der Waals surface area contributed by atoms with Gasteiger partial charge in [-0.2, -0.15) is 0 Å². The van der Waals surface area contributed by atoms with Crippen molar-refractivity contribution < 1.29 is 9.59 Å². The van der Waals surface area contributed by atoms with Gasteiger partial charge in [0.15, 0.2) is 0 Å². The molecule has 1 aliphatic rings. The quantitative estimate of drug-likeness (QED) is 0.803. The van der Waals surface area contributed by atoms with Crippen molar-refractivity contribution >= 4 is 27.9 Å². The lowest BCUT2D eigenvalue weighted by molar-refractivity contribution is -0.136. The number of urea groups is 1. The molecule has 0 radical (unpaired) electrons. The first-order valence-corrected chi connectivity index (χ1v) is 9.85. The molecule has 1 atom stereocenters. The van der Waals surface area contributed by atoms with Gasteiger partial charge in [-0.05, 0) is 51.3 Å². The van der Waals surface area contributed by atoms with Gasteiger partial charge in [0.25, 0.3) is 0 Å². The molecule has 0 bridgehead atoms. The molecule has 1 heterocycles. The second kappa shape index (κ2) is 9.22. The molecular formula is C19H28BrN3O2. The second-order valence-corrected chi connectivity index (χ2v) is 7.41. The van der Waals surface area contributed by atoms with Gasteiger partial charge >= 0.3 is 6.03 Å². The number of likely N-dealkylation sites (tertiary alicyclic amines) is 1. The standard InChI is InChI=1S/C19H28BrN3O2/c1-4-22(5-2)18(24)15-9-11-23(12-10-15)19(25)21-14(3)16-7-6-8-17(20)13-16/h6-8,13-15H,4-5,9-12H2,1-3H3,(H,21,25).